The number of aryl methyl sites for hydroxylation is 3. The van der Waals surface area contributed by atoms with Gasteiger partial charge in [-0.15, -0.1) is 0 Å². The highest BCUT2D eigenvalue weighted by Crippen LogP contribution is 2.08. The molecule has 0 aliphatic carbocycles. The molecular weight excluding hydrogens is 230 g/mol. The van der Waals surface area contributed by atoms with E-state index in [9.17, 15) is 4.79 Å². The Morgan fingerprint density at radius 3 is 2.94 bits per heavy atom. The van der Waals surface area contributed by atoms with Crippen molar-refractivity contribution in [3.63, 3.8) is 0 Å². The van der Waals surface area contributed by atoms with Crippen LogP contribution in [-0.4, -0.2) is 35.9 Å². The Morgan fingerprint density at radius 1 is 1.56 bits per heavy atom. The average Bonchev–Trinajstić information content (AvgIpc) is 2.73. The molecule has 1 aromatic rings. The van der Waals surface area contributed by atoms with Crippen molar-refractivity contribution in [3.8, 4) is 0 Å². The first-order valence-corrected chi connectivity index (χ1v) is 6.46. The third-order valence-electron chi connectivity index (χ3n) is 2.84. The van der Waals surface area contributed by atoms with Gasteiger partial charge >= 0.3 is 0 Å². The molecule has 0 saturated carbocycles. The third kappa shape index (κ3) is 4.87. The third-order valence-corrected chi connectivity index (χ3v) is 2.84. The highest BCUT2D eigenvalue weighted by atomic mass is 16.5. The topological polar surface area (TPSA) is 56.2 Å². The van der Waals surface area contributed by atoms with Crippen LogP contribution in [0.3, 0.4) is 0 Å². The largest absolute Gasteiger partial charge is 0.385 e. The number of hydrogen-bond donors (Lipinski definition) is 1. The maximum Gasteiger partial charge on any atom is 0.220 e. The molecule has 0 unspecified atom stereocenters. The van der Waals surface area contributed by atoms with E-state index in [2.05, 4.69) is 17.3 Å². The van der Waals surface area contributed by atoms with E-state index in [0.29, 0.717) is 19.6 Å². The van der Waals surface area contributed by atoms with Crippen molar-refractivity contribution >= 4 is 5.91 Å². The smallest absolute Gasteiger partial charge is 0.220 e. The molecule has 0 spiro atoms. The summed E-state index contributed by atoms with van der Waals surface area (Å²) >= 11 is 0. The van der Waals surface area contributed by atoms with Gasteiger partial charge in [0.15, 0.2) is 0 Å². The van der Waals surface area contributed by atoms with Crippen molar-refractivity contribution < 1.29 is 9.53 Å². The predicted molar refractivity (Wildman–Crippen MR) is 70.5 cm³/mol. The Hall–Kier alpha value is -1.36. The average molecular weight is 253 g/mol. The van der Waals surface area contributed by atoms with Gasteiger partial charge in [0, 0.05) is 39.4 Å². The summed E-state index contributed by atoms with van der Waals surface area (Å²) in [6.45, 7) is 6.27. The zero-order valence-corrected chi connectivity index (χ0v) is 11.5. The van der Waals surface area contributed by atoms with Gasteiger partial charge in [0.1, 0.15) is 0 Å². The molecule has 5 nitrogen and oxygen atoms in total. The van der Waals surface area contributed by atoms with Crippen LogP contribution in [0.4, 0.5) is 0 Å². The zero-order valence-electron chi connectivity index (χ0n) is 11.5. The van der Waals surface area contributed by atoms with Crippen molar-refractivity contribution in [1.29, 1.82) is 0 Å². The first kappa shape index (κ1) is 14.7. The van der Waals surface area contributed by atoms with Crippen LogP contribution in [0.2, 0.25) is 0 Å². The maximum absolute atomic E-state index is 11.6. The minimum Gasteiger partial charge on any atom is -0.385 e. The Bertz CT molecular complexity index is 374. The second kappa shape index (κ2) is 7.87. The van der Waals surface area contributed by atoms with Gasteiger partial charge < -0.3 is 10.1 Å². The van der Waals surface area contributed by atoms with Gasteiger partial charge in [-0.25, -0.2) is 0 Å². The zero-order chi connectivity index (χ0) is 13.4. The van der Waals surface area contributed by atoms with Gasteiger partial charge in [-0.1, -0.05) is 0 Å². The van der Waals surface area contributed by atoms with E-state index in [1.165, 1.54) is 0 Å². The van der Waals surface area contributed by atoms with Gasteiger partial charge in [-0.3, -0.25) is 9.48 Å². The lowest BCUT2D eigenvalue weighted by atomic mass is 10.1. The predicted octanol–water partition coefficient (Wildman–Crippen LogP) is 1.30. The van der Waals surface area contributed by atoms with Crippen molar-refractivity contribution in [2.24, 2.45) is 0 Å². The Balaban J connectivity index is 2.26. The molecule has 5 heteroatoms. The number of hydrogen-bond acceptors (Lipinski definition) is 3. The minimum atomic E-state index is 0.0924. The van der Waals surface area contributed by atoms with Crippen LogP contribution in [0.5, 0.6) is 0 Å². The van der Waals surface area contributed by atoms with Crippen LogP contribution in [0.1, 0.15) is 31.0 Å². The Kier molecular flexibility index (Phi) is 6.43. The SMILES string of the molecule is CCn1cc(CCC(=O)NCCCOC)c(C)n1. The molecule has 1 rings (SSSR count). The number of nitrogens with zero attached hydrogens (tertiary/aromatic N) is 2. The normalized spacial score (nSPS) is 10.6. The van der Waals surface area contributed by atoms with E-state index in [1.807, 2.05) is 17.8 Å². The van der Waals surface area contributed by atoms with Crippen LogP contribution in [0.15, 0.2) is 6.20 Å². The molecule has 0 radical (unpaired) electrons. The molecule has 18 heavy (non-hydrogen) atoms. The molecule has 1 aromatic heterocycles. The summed E-state index contributed by atoms with van der Waals surface area (Å²) < 4.78 is 6.83. The van der Waals surface area contributed by atoms with Crippen molar-refractivity contribution in [3.05, 3.63) is 17.5 Å². The maximum atomic E-state index is 11.6. The number of carbonyl (C=O) groups is 1. The highest BCUT2D eigenvalue weighted by Gasteiger charge is 2.07. The summed E-state index contributed by atoms with van der Waals surface area (Å²) in [7, 11) is 1.66. The lowest BCUT2D eigenvalue weighted by Gasteiger charge is -2.04. The van der Waals surface area contributed by atoms with Gasteiger partial charge in [0.25, 0.3) is 0 Å². The number of ether oxygens (including phenoxy) is 1. The number of aromatic nitrogens is 2. The summed E-state index contributed by atoms with van der Waals surface area (Å²) in [5.41, 5.74) is 2.17. The highest BCUT2D eigenvalue weighted by molar-refractivity contribution is 5.76. The lowest BCUT2D eigenvalue weighted by Crippen LogP contribution is -2.25. The standard InChI is InChI=1S/C13H23N3O2/c1-4-16-10-12(11(2)15-16)6-7-13(17)14-8-5-9-18-3/h10H,4-9H2,1-3H3,(H,14,17). The molecule has 0 aliphatic heterocycles. The molecule has 0 fully saturated rings. The summed E-state index contributed by atoms with van der Waals surface area (Å²) in [4.78, 5) is 11.6. The summed E-state index contributed by atoms with van der Waals surface area (Å²) in [6, 6.07) is 0. The van der Waals surface area contributed by atoms with Crippen LogP contribution in [0.25, 0.3) is 0 Å². The van der Waals surface area contributed by atoms with Crippen molar-refractivity contribution in [1.82, 2.24) is 15.1 Å². The molecule has 1 N–H and O–H groups in total. The monoisotopic (exact) mass is 253 g/mol. The fourth-order valence-corrected chi connectivity index (χ4v) is 1.75. The van der Waals surface area contributed by atoms with Crippen molar-refractivity contribution in [2.75, 3.05) is 20.3 Å². The van der Waals surface area contributed by atoms with Gasteiger partial charge in [0.05, 0.1) is 5.69 Å². The quantitative estimate of drug-likeness (QED) is 0.710. The number of nitrogens with one attached hydrogen (secondary N) is 1. The molecule has 0 bridgehead atoms. The molecule has 0 atom stereocenters. The summed E-state index contributed by atoms with van der Waals surface area (Å²) in [5, 5.41) is 7.24. The number of rotatable bonds is 8. The molecule has 1 heterocycles. The van der Waals surface area contributed by atoms with E-state index in [4.69, 9.17) is 4.74 Å². The van der Waals surface area contributed by atoms with Crippen molar-refractivity contribution in [2.45, 2.75) is 39.7 Å². The second-order valence-electron chi connectivity index (χ2n) is 4.29. The Morgan fingerprint density at radius 2 is 2.33 bits per heavy atom. The van der Waals surface area contributed by atoms with Gasteiger partial charge in [0.2, 0.25) is 5.91 Å². The first-order chi connectivity index (χ1) is 8.67. The summed E-state index contributed by atoms with van der Waals surface area (Å²) in [6.07, 6.45) is 4.15. The fourth-order valence-electron chi connectivity index (χ4n) is 1.75. The van der Waals surface area contributed by atoms with Crippen LogP contribution < -0.4 is 5.32 Å². The van der Waals surface area contributed by atoms with Gasteiger partial charge in [-0.2, -0.15) is 5.10 Å². The molecule has 0 saturated heterocycles. The van der Waals surface area contributed by atoms with Gasteiger partial charge in [-0.05, 0) is 32.3 Å². The molecule has 102 valence electrons. The van der Waals surface area contributed by atoms with Crippen LogP contribution >= 0.6 is 0 Å². The number of amides is 1. The molecular formula is C13H23N3O2. The van der Waals surface area contributed by atoms with Crippen LogP contribution in [0, 0.1) is 6.92 Å². The molecule has 0 aliphatic rings. The fraction of sp³-hybridized carbons (Fsp3) is 0.692. The molecule has 0 aromatic carbocycles. The lowest BCUT2D eigenvalue weighted by molar-refractivity contribution is -0.121. The van der Waals surface area contributed by atoms with E-state index in [1.54, 1.807) is 7.11 Å². The Labute approximate surface area is 109 Å². The van der Waals surface area contributed by atoms with E-state index in [0.717, 1.165) is 30.6 Å². The first-order valence-electron chi connectivity index (χ1n) is 6.46. The minimum absolute atomic E-state index is 0.0924. The second-order valence-corrected chi connectivity index (χ2v) is 4.29. The molecule has 1 amide bonds. The van der Waals surface area contributed by atoms with E-state index >= 15 is 0 Å². The van der Waals surface area contributed by atoms with E-state index < -0.39 is 0 Å². The number of carbonyl (C=O) groups excluding carboxylic acids is 1. The van der Waals surface area contributed by atoms with E-state index in [-0.39, 0.29) is 5.91 Å². The van der Waals surface area contributed by atoms with Crippen LogP contribution in [-0.2, 0) is 22.5 Å². The number of methoxy groups -OCH3 is 1. The summed E-state index contributed by atoms with van der Waals surface area (Å²) in [5.74, 6) is 0.0924.